The molecule has 0 aliphatic carbocycles. The van der Waals surface area contributed by atoms with Crippen molar-refractivity contribution in [3.8, 4) is 5.75 Å². The smallest absolute Gasteiger partial charge is 0.328 e. The minimum Gasteiger partial charge on any atom is -0.508 e. The summed E-state index contributed by atoms with van der Waals surface area (Å²) in [6.07, 6.45) is -2.76. The summed E-state index contributed by atoms with van der Waals surface area (Å²) in [6.45, 7) is 6.17. The van der Waals surface area contributed by atoms with Crippen LogP contribution in [0.2, 0.25) is 0 Å². The molecule has 29 nitrogen and oxygen atoms in total. The molecule has 0 saturated carbocycles. The van der Waals surface area contributed by atoms with Gasteiger partial charge in [0, 0.05) is 18.6 Å². The van der Waals surface area contributed by atoms with Crippen molar-refractivity contribution >= 4 is 83.6 Å². The third-order valence-electron chi connectivity index (χ3n) is 11.3. The molecule has 0 aliphatic heterocycles. The van der Waals surface area contributed by atoms with Gasteiger partial charge in [-0.1, -0.05) is 46.2 Å². The number of aliphatic hydroxyl groups is 2. The highest BCUT2D eigenvalue weighted by Gasteiger charge is 2.37. The number of nitrogens with one attached hydrogen (secondary N) is 9. The highest BCUT2D eigenvalue weighted by Crippen LogP contribution is 2.14. The van der Waals surface area contributed by atoms with Crippen LogP contribution in [-0.2, 0) is 64.0 Å². The molecule has 77 heavy (non-hydrogen) atoms. The van der Waals surface area contributed by atoms with E-state index >= 15 is 0 Å². The maximum atomic E-state index is 13.9. The predicted molar refractivity (Wildman–Crippen MR) is 276 cm³/mol. The Morgan fingerprint density at radius 1 is 0.610 bits per heavy atom. The number of carbonyl (C=O) groups excluding carboxylic acids is 10. The van der Waals surface area contributed by atoms with Crippen LogP contribution in [0.25, 0.3) is 0 Å². The maximum Gasteiger partial charge on any atom is 0.328 e. The summed E-state index contributed by atoms with van der Waals surface area (Å²) >= 11 is 4.07. The van der Waals surface area contributed by atoms with Crippen LogP contribution in [0.5, 0.6) is 5.75 Å². The van der Waals surface area contributed by atoms with Gasteiger partial charge in [-0.05, 0) is 68.7 Å². The van der Waals surface area contributed by atoms with Gasteiger partial charge in [0.2, 0.25) is 59.1 Å². The quantitative estimate of drug-likeness (QED) is 0.0220. The highest BCUT2D eigenvalue weighted by molar-refractivity contribution is 7.80. The Balaban J connectivity index is 3.35. The van der Waals surface area contributed by atoms with Gasteiger partial charge in [-0.3, -0.25) is 52.7 Å². The first-order valence-corrected chi connectivity index (χ1v) is 25.2. The van der Waals surface area contributed by atoms with Gasteiger partial charge in [-0.15, -0.1) is 0 Å². The zero-order chi connectivity index (χ0) is 58.7. The van der Waals surface area contributed by atoms with E-state index in [0.717, 1.165) is 6.92 Å². The number of hydrogen-bond donors (Lipinski definition) is 18. The second-order valence-electron chi connectivity index (χ2n) is 18.8. The molecular formula is C47H76N12O17S. The molecule has 10 atom stereocenters. The molecular weight excluding hydrogens is 1040 g/mol. The molecule has 10 amide bonds. The Hall–Kier alpha value is -7.15. The van der Waals surface area contributed by atoms with E-state index in [1.807, 2.05) is 0 Å². The van der Waals surface area contributed by atoms with Crippen molar-refractivity contribution in [2.24, 2.45) is 29.0 Å². The molecule has 0 heterocycles. The van der Waals surface area contributed by atoms with Crippen LogP contribution in [0, 0.1) is 11.8 Å². The molecule has 0 fully saturated rings. The number of benzene rings is 1. The Labute approximate surface area is 449 Å². The van der Waals surface area contributed by atoms with Crippen LogP contribution in [0.15, 0.2) is 24.3 Å². The summed E-state index contributed by atoms with van der Waals surface area (Å²) in [5.74, 6) is -14.9. The Morgan fingerprint density at radius 2 is 1.12 bits per heavy atom. The number of carbonyl (C=O) groups is 12. The number of aliphatic hydroxyl groups excluding tert-OH is 2. The van der Waals surface area contributed by atoms with Crippen molar-refractivity contribution in [2.75, 3.05) is 25.4 Å². The summed E-state index contributed by atoms with van der Waals surface area (Å²) < 4.78 is 0. The molecule has 432 valence electrons. The number of carboxylic acids is 2. The lowest BCUT2D eigenvalue weighted by Crippen LogP contribution is -2.62. The third kappa shape index (κ3) is 25.5. The van der Waals surface area contributed by atoms with Gasteiger partial charge in [0.1, 0.15) is 48.0 Å². The number of rotatable bonds is 36. The lowest BCUT2D eigenvalue weighted by atomic mass is 9.99. The van der Waals surface area contributed by atoms with Crippen LogP contribution >= 0.6 is 12.6 Å². The lowest BCUT2D eigenvalue weighted by molar-refractivity contribution is -0.145. The van der Waals surface area contributed by atoms with E-state index in [4.69, 9.17) is 17.2 Å². The van der Waals surface area contributed by atoms with E-state index in [1.54, 1.807) is 13.8 Å². The van der Waals surface area contributed by atoms with Crippen LogP contribution < -0.4 is 65.1 Å². The summed E-state index contributed by atoms with van der Waals surface area (Å²) in [4.78, 5) is 156. The first kappa shape index (κ1) is 67.9. The largest absolute Gasteiger partial charge is 0.508 e. The standard InChI is InChI=1S/C47H76N12O17S/c1-22(2)16-29(54-44(72)32(20-60)57-45(73)33(21-77)52-35(64)19-51-39(67)27(49)8-6-7-15-48)41(69)53-28(13-14-36(65)66)40(68)55-31(18-34(50)63)43(71)58-37(23(3)4)46(74)56-30(17-25-9-11-26(62)12-10-25)42(70)59-38(24(5)61)47(75)76/h9-12,22-24,27-33,37-38,60-62,77H,6-8,13-21,48-49H2,1-5H3,(H2,50,63)(H,51,67)(H,52,64)(H,53,69)(H,54,72)(H,55,68)(H,56,74)(H,57,73)(H,58,71)(H,59,70)(H,65,66)(H,75,76)/t24-,27+,28+,29+,30+,31+,32+,33+,37+,38+/m1/s1. The normalized spacial score (nSPS) is 15.0. The van der Waals surface area contributed by atoms with E-state index in [-0.39, 0.29) is 30.3 Å². The zero-order valence-electron chi connectivity index (χ0n) is 43.5. The van der Waals surface area contributed by atoms with Crippen molar-refractivity contribution in [1.82, 2.24) is 47.9 Å². The topological polar surface area (TPSA) is 492 Å². The van der Waals surface area contributed by atoms with Crippen molar-refractivity contribution < 1.29 is 83.1 Å². The van der Waals surface area contributed by atoms with E-state index in [9.17, 15) is 83.1 Å². The number of carboxylic acid groups (broad SMARTS) is 2. The number of aliphatic carboxylic acids is 2. The average Bonchev–Trinajstić information content (AvgIpc) is 3.34. The van der Waals surface area contributed by atoms with Gasteiger partial charge in [0.15, 0.2) is 6.04 Å². The number of phenolic OH excluding ortho intramolecular Hbond substituents is 1. The van der Waals surface area contributed by atoms with Crippen molar-refractivity contribution in [3.63, 3.8) is 0 Å². The lowest BCUT2D eigenvalue weighted by Gasteiger charge is -2.29. The summed E-state index contributed by atoms with van der Waals surface area (Å²) in [5, 5.41) is 69.8. The number of thiol groups is 1. The monoisotopic (exact) mass is 1110 g/mol. The molecule has 1 aromatic carbocycles. The van der Waals surface area contributed by atoms with Crippen molar-refractivity contribution in [3.05, 3.63) is 29.8 Å². The van der Waals surface area contributed by atoms with Gasteiger partial charge < -0.3 is 90.6 Å². The van der Waals surface area contributed by atoms with Gasteiger partial charge in [-0.2, -0.15) is 12.6 Å². The zero-order valence-corrected chi connectivity index (χ0v) is 44.4. The molecule has 20 N–H and O–H groups in total. The van der Waals surface area contributed by atoms with Gasteiger partial charge >= 0.3 is 11.9 Å². The highest BCUT2D eigenvalue weighted by atomic mass is 32.1. The third-order valence-corrected chi connectivity index (χ3v) is 11.7. The number of amides is 10. The van der Waals surface area contributed by atoms with Crippen LogP contribution in [0.4, 0.5) is 0 Å². The minimum absolute atomic E-state index is 0.130. The molecule has 0 aromatic heterocycles. The van der Waals surface area contributed by atoms with Crippen LogP contribution in [-0.4, -0.2) is 182 Å². The average molecular weight is 1110 g/mol. The number of phenols is 1. The van der Waals surface area contributed by atoms with Crippen LogP contribution in [0.1, 0.15) is 85.1 Å². The number of aromatic hydroxyl groups is 1. The number of nitrogens with two attached hydrogens (primary N) is 3. The predicted octanol–water partition coefficient (Wildman–Crippen LogP) is -5.78. The Morgan fingerprint density at radius 3 is 1.64 bits per heavy atom. The molecule has 0 aliphatic rings. The molecule has 30 heteroatoms. The first-order chi connectivity index (χ1) is 36.0. The molecule has 0 spiro atoms. The maximum absolute atomic E-state index is 13.9. The first-order valence-electron chi connectivity index (χ1n) is 24.6. The SMILES string of the molecule is CC(C)C[C@H](NC(=O)[C@H](CO)NC(=O)[C@H](CS)NC(=O)CNC(=O)[C@@H](N)CCCCN)C(=O)N[C@@H](CCC(=O)O)C(=O)N[C@@H](CC(N)=O)C(=O)N[C@H](C(=O)N[C@@H](Cc1ccc(O)cc1)C(=O)N[C@H](C(=O)O)[C@@H](C)O)C(C)C. The summed E-state index contributed by atoms with van der Waals surface area (Å²) in [7, 11) is 0. The van der Waals surface area contributed by atoms with Crippen LogP contribution in [0.3, 0.4) is 0 Å². The molecule has 0 unspecified atom stereocenters. The van der Waals surface area contributed by atoms with E-state index in [2.05, 4.69) is 60.5 Å². The molecule has 0 radical (unpaired) electrons. The number of primary amides is 1. The van der Waals surface area contributed by atoms with Crippen molar-refractivity contribution in [1.29, 1.82) is 0 Å². The Bertz CT molecular complexity index is 2200. The minimum atomic E-state index is -1.89. The Kier molecular flexibility index (Phi) is 30.4. The van der Waals surface area contributed by atoms with E-state index in [1.165, 1.54) is 38.1 Å². The fraction of sp³-hybridized carbons (Fsp3) is 0.617. The molecule has 0 saturated heterocycles. The summed E-state index contributed by atoms with van der Waals surface area (Å²) in [6, 6.07) is -8.78. The molecule has 0 bridgehead atoms. The van der Waals surface area contributed by atoms with Gasteiger partial charge in [0.25, 0.3) is 0 Å². The second kappa shape index (κ2) is 34.5. The van der Waals surface area contributed by atoms with Crippen molar-refractivity contribution in [2.45, 2.75) is 146 Å². The number of unbranched alkanes of at least 4 members (excludes halogenated alkanes) is 1. The fourth-order valence-electron chi connectivity index (χ4n) is 7.08. The second-order valence-corrected chi connectivity index (χ2v) is 19.2. The molecule has 1 rings (SSSR count). The fourth-order valence-corrected chi connectivity index (χ4v) is 7.34. The van der Waals surface area contributed by atoms with E-state index in [0.29, 0.717) is 31.4 Å². The number of hydrogen-bond acceptors (Lipinski definition) is 18. The molecule has 1 aromatic rings. The van der Waals surface area contributed by atoms with Gasteiger partial charge in [-0.25, -0.2) is 4.79 Å². The summed E-state index contributed by atoms with van der Waals surface area (Å²) in [5.41, 5.74) is 17.1. The van der Waals surface area contributed by atoms with E-state index < -0.39 is 170 Å². The van der Waals surface area contributed by atoms with Gasteiger partial charge in [0.05, 0.1) is 31.7 Å².